The second-order valence-electron chi connectivity index (χ2n) is 3.30. The summed E-state index contributed by atoms with van der Waals surface area (Å²) < 4.78 is 0. The molecule has 0 atom stereocenters. The molecule has 1 fully saturated rings. The van der Waals surface area contributed by atoms with E-state index in [1.165, 1.54) is 0 Å². The highest BCUT2D eigenvalue weighted by molar-refractivity contribution is 5.46. The lowest BCUT2D eigenvalue weighted by molar-refractivity contribution is 0.671. The van der Waals surface area contributed by atoms with Crippen LogP contribution in [0.5, 0.6) is 0 Å². The fourth-order valence-corrected chi connectivity index (χ4v) is 1.56. The molecule has 1 aliphatic rings. The average Bonchev–Trinajstić information content (AvgIpc) is 2.20. The minimum absolute atomic E-state index is 0.729. The maximum absolute atomic E-state index is 5.57. The molecule has 2 heterocycles. The van der Waals surface area contributed by atoms with Crippen molar-refractivity contribution in [1.29, 1.82) is 0 Å². The van der Waals surface area contributed by atoms with Crippen LogP contribution in [-0.4, -0.2) is 18.1 Å². The van der Waals surface area contributed by atoms with Gasteiger partial charge in [0.1, 0.15) is 5.82 Å². The molecule has 69 valence electrons. The van der Waals surface area contributed by atoms with E-state index in [0.717, 1.165) is 37.4 Å². The summed E-state index contributed by atoms with van der Waals surface area (Å²) in [6.45, 7) is 2.16. The molecule has 0 unspecified atom stereocenters. The average molecular weight is 176 g/mol. The first kappa shape index (κ1) is 8.35. The third kappa shape index (κ3) is 1.91. The minimum Gasteiger partial charge on any atom is -0.397 e. The third-order valence-electron chi connectivity index (χ3n) is 2.30. The second-order valence-corrected chi connectivity index (χ2v) is 3.30. The molecule has 0 amide bonds. The van der Waals surface area contributed by atoms with E-state index in [4.69, 9.17) is 5.73 Å². The summed E-state index contributed by atoms with van der Waals surface area (Å²) in [5, 5.41) is 0. The van der Waals surface area contributed by atoms with Gasteiger partial charge in [0.2, 0.25) is 0 Å². The number of rotatable bonds is 1. The molecule has 1 aromatic rings. The molecule has 0 saturated carbocycles. The van der Waals surface area contributed by atoms with Crippen molar-refractivity contribution in [1.82, 2.24) is 4.98 Å². The van der Waals surface area contributed by atoms with Crippen LogP contribution in [0.1, 0.15) is 12.8 Å². The normalized spacial score (nSPS) is 17.4. The largest absolute Gasteiger partial charge is 0.397 e. The molecular formula is C10H14N3. The number of hydrogen-bond donors (Lipinski definition) is 1. The van der Waals surface area contributed by atoms with Crippen molar-refractivity contribution in [3.8, 4) is 0 Å². The van der Waals surface area contributed by atoms with Crippen molar-refractivity contribution >= 4 is 11.5 Å². The van der Waals surface area contributed by atoms with Gasteiger partial charge in [-0.3, -0.25) is 0 Å². The van der Waals surface area contributed by atoms with Crippen LogP contribution in [0.3, 0.4) is 0 Å². The van der Waals surface area contributed by atoms with Crippen LogP contribution in [0.25, 0.3) is 0 Å². The highest BCUT2D eigenvalue weighted by atomic mass is 15.2. The van der Waals surface area contributed by atoms with E-state index >= 15 is 0 Å². The summed E-state index contributed by atoms with van der Waals surface area (Å²) in [6.07, 6.45) is 6.36. The number of nitrogens with zero attached hydrogens (tertiary/aromatic N) is 2. The zero-order valence-corrected chi connectivity index (χ0v) is 7.61. The van der Waals surface area contributed by atoms with Crippen molar-refractivity contribution in [2.45, 2.75) is 12.8 Å². The number of aromatic nitrogens is 1. The van der Waals surface area contributed by atoms with E-state index < -0.39 is 0 Å². The Bertz CT molecular complexity index is 262. The standard InChI is InChI=1S/C10H14N3/c11-9-4-5-10(12-8-9)13-6-2-1-3-7-13/h1,4-5,8H,2-3,6-7,11H2. The van der Waals surface area contributed by atoms with Crippen molar-refractivity contribution < 1.29 is 0 Å². The van der Waals surface area contributed by atoms with E-state index in [1.54, 1.807) is 6.20 Å². The predicted octanol–water partition coefficient (Wildman–Crippen LogP) is 1.47. The summed E-state index contributed by atoms with van der Waals surface area (Å²) in [6, 6.07) is 3.89. The molecule has 1 saturated heterocycles. The quantitative estimate of drug-likeness (QED) is 0.704. The first-order valence-corrected chi connectivity index (χ1v) is 4.64. The van der Waals surface area contributed by atoms with Gasteiger partial charge in [0.05, 0.1) is 11.9 Å². The lowest BCUT2D eigenvalue weighted by Crippen LogP contribution is -2.30. The molecule has 0 aliphatic carbocycles. The van der Waals surface area contributed by atoms with Crippen molar-refractivity contribution in [3.63, 3.8) is 0 Å². The summed E-state index contributed by atoms with van der Waals surface area (Å²) in [4.78, 5) is 6.58. The van der Waals surface area contributed by atoms with Gasteiger partial charge in [0.15, 0.2) is 0 Å². The Balaban J connectivity index is 2.10. The van der Waals surface area contributed by atoms with Gasteiger partial charge in [-0.1, -0.05) is 0 Å². The zero-order chi connectivity index (χ0) is 9.10. The molecule has 3 heteroatoms. The van der Waals surface area contributed by atoms with Gasteiger partial charge in [-0.05, 0) is 31.4 Å². The molecule has 1 radical (unpaired) electrons. The Labute approximate surface area is 78.6 Å². The van der Waals surface area contributed by atoms with Gasteiger partial charge in [-0.15, -0.1) is 0 Å². The van der Waals surface area contributed by atoms with E-state index in [-0.39, 0.29) is 0 Å². The van der Waals surface area contributed by atoms with E-state index in [2.05, 4.69) is 16.3 Å². The summed E-state index contributed by atoms with van der Waals surface area (Å²) in [5.41, 5.74) is 6.30. The van der Waals surface area contributed by atoms with Gasteiger partial charge in [0.25, 0.3) is 0 Å². The fraction of sp³-hybridized carbons (Fsp3) is 0.400. The lowest BCUT2D eigenvalue weighted by Gasteiger charge is -2.27. The van der Waals surface area contributed by atoms with Crippen LogP contribution < -0.4 is 10.6 Å². The Kier molecular flexibility index (Phi) is 2.34. The van der Waals surface area contributed by atoms with Gasteiger partial charge in [0, 0.05) is 13.1 Å². The van der Waals surface area contributed by atoms with Crippen molar-refractivity contribution in [2.24, 2.45) is 0 Å². The molecule has 13 heavy (non-hydrogen) atoms. The first-order chi connectivity index (χ1) is 6.36. The third-order valence-corrected chi connectivity index (χ3v) is 2.30. The monoisotopic (exact) mass is 176 g/mol. The number of nitrogen functional groups attached to an aromatic ring is 1. The fourth-order valence-electron chi connectivity index (χ4n) is 1.56. The second kappa shape index (κ2) is 3.64. The van der Waals surface area contributed by atoms with Gasteiger partial charge in [-0.2, -0.15) is 0 Å². The van der Waals surface area contributed by atoms with Crippen LogP contribution in [-0.2, 0) is 0 Å². The molecule has 1 aliphatic heterocycles. The number of nitrogens with two attached hydrogens (primary N) is 1. The van der Waals surface area contributed by atoms with Crippen LogP contribution in [0.4, 0.5) is 11.5 Å². The molecule has 3 nitrogen and oxygen atoms in total. The lowest BCUT2D eigenvalue weighted by atomic mass is 10.1. The van der Waals surface area contributed by atoms with E-state index in [9.17, 15) is 0 Å². The maximum Gasteiger partial charge on any atom is 0.128 e. The Morgan fingerprint density at radius 1 is 1.23 bits per heavy atom. The summed E-state index contributed by atoms with van der Waals surface area (Å²) >= 11 is 0. The number of anilines is 2. The van der Waals surface area contributed by atoms with Crippen molar-refractivity contribution in [2.75, 3.05) is 23.7 Å². The SMILES string of the molecule is Nc1ccc(N2CC[CH]CC2)nc1. The van der Waals surface area contributed by atoms with Crippen LogP contribution in [0.2, 0.25) is 0 Å². The highest BCUT2D eigenvalue weighted by Crippen LogP contribution is 2.17. The molecule has 2 rings (SSSR count). The molecule has 0 spiro atoms. The Hall–Kier alpha value is -1.25. The topological polar surface area (TPSA) is 42.1 Å². The molecule has 1 aromatic heterocycles. The van der Waals surface area contributed by atoms with Gasteiger partial charge in [-0.25, -0.2) is 4.98 Å². The van der Waals surface area contributed by atoms with Crippen LogP contribution in [0, 0.1) is 6.42 Å². The number of piperidine rings is 1. The molecule has 2 N–H and O–H groups in total. The summed E-state index contributed by atoms with van der Waals surface area (Å²) in [7, 11) is 0. The smallest absolute Gasteiger partial charge is 0.128 e. The zero-order valence-electron chi connectivity index (χ0n) is 7.61. The van der Waals surface area contributed by atoms with Gasteiger partial charge >= 0.3 is 0 Å². The highest BCUT2D eigenvalue weighted by Gasteiger charge is 2.11. The Morgan fingerprint density at radius 2 is 2.00 bits per heavy atom. The van der Waals surface area contributed by atoms with Crippen molar-refractivity contribution in [3.05, 3.63) is 24.8 Å². The number of hydrogen-bond acceptors (Lipinski definition) is 3. The predicted molar refractivity (Wildman–Crippen MR) is 54.4 cm³/mol. The first-order valence-electron chi connectivity index (χ1n) is 4.64. The van der Waals surface area contributed by atoms with Gasteiger partial charge < -0.3 is 10.6 Å². The number of pyridine rings is 1. The molecule has 0 bridgehead atoms. The molecular weight excluding hydrogens is 162 g/mol. The van der Waals surface area contributed by atoms with Crippen LogP contribution in [0.15, 0.2) is 18.3 Å². The Morgan fingerprint density at radius 3 is 2.62 bits per heavy atom. The summed E-state index contributed by atoms with van der Waals surface area (Å²) in [5.74, 6) is 1.04. The van der Waals surface area contributed by atoms with E-state index in [0.29, 0.717) is 0 Å². The van der Waals surface area contributed by atoms with E-state index in [1.807, 2.05) is 12.1 Å². The molecule has 0 aromatic carbocycles. The maximum atomic E-state index is 5.57. The van der Waals surface area contributed by atoms with Crippen LogP contribution >= 0.6 is 0 Å². The minimum atomic E-state index is 0.729.